The van der Waals surface area contributed by atoms with Crippen molar-refractivity contribution in [3.05, 3.63) is 35.9 Å². The van der Waals surface area contributed by atoms with Gasteiger partial charge in [0.2, 0.25) is 59.1 Å². The Kier molecular flexibility index (Phi) is 32.5. The first-order valence-electron chi connectivity index (χ1n) is 28.0. The van der Waals surface area contributed by atoms with Crippen LogP contribution >= 0.6 is 0 Å². The van der Waals surface area contributed by atoms with E-state index in [1.165, 1.54) is 0 Å². The molecule has 1 aromatic rings. The molecule has 0 aliphatic carbocycles. The maximum Gasteiger partial charge on any atom is 0.326 e. The zero-order chi connectivity index (χ0) is 61.7. The summed E-state index contributed by atoms with van der Waals surface area (Å²) >= 11 is 0. The molecule has 0 aliphatic heterocycles. The smallest absolute Gasteiger partial charge is 0.326 e. The first kappa shape index (κ1) is 71.6. The van der Waals surface area contributed by atoms with Gasteiger partial charge in [0.25, 0.3) is 0 Å². The van der Waals surface area contributed by atoms with Crippen molar-refractivity contribution in [3.8, 4) is 0 Å². The molecular weight excluding hydrogens is 1050 g/mol. The molecule has 0 radical (unpaired) electrons. The summed E-state index contributed by atoms with van der Waals surface area (Å²) in [6.45, 7) is 17.9. The van der Waals surface area contributed by atoms with Crippen LogP contribution in [0.15, 0.2) is 35.3 Å². The number of nitrogens with zero attached hydrogens (tertiary/aromatic N) is 1. The number of carbonyl (C=O) groups is 11. The lowest BCUT2D eigenvalue weighted by atomic mass is 9.96. The van der Waals surface area contributed by atoms with Crippen molar-refractivity contribution in [2.24, 2.45) is 63.3 Å². The highest BCUT2D eigenvalue weighted by atomic mass is 16.4. The molecule has 0 unspecified atom stereocenters. The molecule has 456 valence electrons. The normalized spacial score (nSPS) is 15.3. The van der Waals surface area contributed by atoms with Crippen LogP contribution in [0, 0.1) is 29.6 Å². The predicted molar refractivity (Wildman–Crippen MR) is 305 cm³/mol. The fourth-order valence-electron chi connectivity index (χ4n) is 8.45. The summed E-state index contributed by atoms with van der Waals surface area (Å²) < 4.78 is 0. The number of amides is 10. The molecule has 0 saturated heterocycles. The van der Waals surface area contributed by atoms with Gasteiger partial charge in [-0.05, 0) is 80.1 Å². The van der Waals surface area contributed by atoms with Crippen molar-refractivity contribution in [1.29, 1.82) is 0 Å². The monoisotopic (exact) mass is 1140 g/mol. The second kappa shape index (κ2) is 36.8. The minimum Gasteiger partial charge on any atom is -0.480 e. The Morgan fingerprint density at radius 1 is 0.469 bits per heavy atom. The number of carboxylic acid groups (broad SMARTS) is 1. The number of nitrogens with one attached hydrogen (secondary N) is 8. The number of benzene rings is 1. The second-order valence-corrected chi connectivity index (χ2v) is 22.1. The van der Waals surface area contributed by atoms with E-state index in [1.807, 2.05) is 0 Å². The second-order valence-electron chi connectivity index (χ2n) is 22.1. The first-order valence-corrected chi connectivity index (χ1v) is 28.0. The van der Waals surface area contributed by atoms with E-state index in [2.05, 4.69) is 47.5 Å². The van der Waals surface area contributed by atoms with E-state index in [9.17, 15) is 57.8 Å². The van der Waals surface area contributed by atoms with Gasteiger partial charge in [0, 0.05) is 25.8 Å². The van der Waals surface area contributed by atoms with Crippen molar-refractivity contribution in [1.82, 2.24) is 42.5 Å². The van der Waals surface area contributed by atoms with Gasteiger partial charge in [-0.3, -0.25) is 52.9 Å². The molecule has 1 rings (SSSR count). The Morgan fingerprint density at radius 3 is 1.21 bits per heavy atom. The molecule has 0 saturated carbocycles. The summed E-state index contributed by atoms with van der Waals surface area (Å²) in [6.07, 6.45) is -0.0918. The minimum absolute atomic E-state index is 0.00459. The molecule has 11 atom stereocenters. The summed E-state index contributed by atoms with van der Waals surface area (Å²) in [7, 11) is 0. The summed E-state index contributed by atoms with van der Waals surface area (Å²) in [5.74, 6) is -11.1. The Balaban J connectivity index is 3.57. The number of carboxylic acids is 1. The van der Waals surface area contributed by atoms with Crippen molar-refractivity contribution in [2.75, 3.05) is 6.54 Å². The zero-order valence-corrected chi connectivity index (χ0v) is 48.9. The lowest BCUT2D eigenvalue weighted by Crippen LogP contribution is -2.61. The van der Waals surface area contributed by atoms with Crippen molar-refractivity contribution in [2.45, 2.75) is 201 Å². The molecule has 0 heterocycles. The van der Waals surface area contributed by atoms with E-state index in [0.29, 0.717) is 24.8 Å². The number of carbonyl (C=O) groups excluding carboxylic acids is 10. The lowest BCUT2D eigenvalue weighted by molar-refractivity contribution is -0.144. The van der Waals surface area contributed by atoms with Crippen molar-refractivity contribution in [3.63, 3.8) is 0 Å². The van der Waals surface area contributed by atoms with Crippen LogP contribution in [0.2, 0.25) is 0 Å². The molecule has 81 heavy (non-hydrogen) atoms. The molecule has 26 nitrogen and oxygen atoms in total. The molecule has 0 aromatic heterocycles. The number of primary amides is 2. The lowest BCUT2D eigenvalue weighted by Gasteiger charge is -2.30. The fraction of sp³-hybridized carbons (Fsp3) is 0.673. The summed E-state index contributed by atoms with van der Waals surface area (Å²) in [6, 6.07) is -3.05. The third-order valence-electron chi connectivity index (χ3n) is 13.4. The van der Waals surface area contributed by atoms with Crippen LogP contribution in [-0.4, -0.2) is 137 Å². The number of guanidine groups is 1. The van der Waals surface area contributed by atoms with Crippen LogP contribution in [-0.2, 0) is 59.2 Å². The van der Waals surface area contributed by atoms with Gasteiger partial charge in [-0.2, -0.15) is 0 Å². The molecule has 1 aromatic carbocycles. The maximum atomic E-state index is 14.3. The Morgan fingerprint density at radius 2 is 0.827 bits per heavy atom. The summed E-state index contributed by atoms with van der Waals surface area (Å²) in [5.41, 5.74) is 28.5. The van der Waals surface area contributed by atoms with Crippen LogP contribution in [0.1, 0.15) is 145 Å². The number of aliphatic carboxylic acids is 1. The molecule has 10 amide bonds. The van der Waals surface area contributed by atoms with Gasteiger partial charge in [-0.1, -0.05) is 112 Å². The number of hydrogen-bond acceptors (Lipinski definition) is 13. The number of aliphatic imine (C=N–C) groups is 1. The van der Waals surface area contributed by atoms with Gasteiger partial charge in [0.15, 0.2) is 5.96 Å². The maximum absolute atomic E-state index is 14.3. The van der Waals surface area contributed by atoms with E-state index < -0.39 is 151 Å². The molecule has 19 N–H and O–H groups in total. The van der Waals surface area contributed by atoms with Crippen LogP contribution in [0.25, 0.3) is 0 Å². The fourth-order valence-corrected chi connectivity index (χ4v) is 8.45. The van der Waals surface area contributed by atoms with Gasteiger partial charge in [0.05, 0.1) is 6.04 Å². The quantitative estimate of drug-likeness (QED) is 0.0221. The zero-order valence-electron chi connectivity index (χ0n) is 48.9. The molecule has 0 spiro atoms. The minimum atomic E-state index is -1.58. The molecule has 26 heteroatoms. The number of rotatable bonds is 39. The number of hydrogen-bond donors (Lipinski definition) is 14. The van der Waals surface area contributed by atoms with Crippen LogP contribution in [0.4, 0.5) is 0 Å². The molecule has 0 fully saturated rings. The largest absolute Gasteiger partial charge is 0.480 e. The standard InChI is InChI=1S/C55H94N14O12/c1-11-32(9)44(68-46(72)35(56)19-16-24-61-55(59)60)53(79)67-40(27-31(7)8)49(75)63-36(20-22-42(57)70)47(73)62-37(21-23-43(58)71)48(74)64-38(25-29(3)4)50(76)65-39(26-30(5)6)51(77)66-41(28-34-17-14-13-15-18-34)52(78)69-45(54(80)81)33(10)12-2/h13-15,17-18,29-33,35-41,44-45H,11-12,16,19-28,56H2,1-10H3,(H2,57,70)(H2,58,71)(H,62,73)(H,63,75)(H,64,74)(H,65,76)(H,66,77)(H,67,79)(H,68,72)(H,69,78)(H,80,81)(H4,59,60,61)/t32-,33-,35-,36-,37-,38-,39-,40-,41-,44-,45-/m0/s1. The average Bonchev–Trinajstić information content (AvgIpc) is 3.41. The highest BCUT2D eigenvalue weighted by Crippen LogP contribution is 2.16. The Bertz CT molecular complexity index is 2280. The van der Waals surface area contributed by atoms with Gasteiger partial charge in [-0.15, -0.1) is 0 Å². The topological polar surface area (TPSA) is 447 Å². The molecular formula is C55H94N14O12. The molecule has 0 bridgehead atoms. The van der Waals surface area contributed by atoms with Gasteiger partial charge in [-0.25, -0.2) is 4.79 Å². The van der Waals surface area contributed by atoms with Gasteiger partial charge >= 0.3 is 5.97 Å². The highest BCUT2D eigenvalue weighted by Gasteiger charge is 2.37. The number of nitrogens with two attached hydrogens (primary N) is 5. The molecule has 0 aliphatic rings. The summed E-state index contributed by atoms with van der Waals surface area (Å²) in [4.78, 5) is 153. The summed E-state index contributed by atoms with van der Waals surface area (Å²) in [5, 5.41) is 31.1. The third-order valence-corrected chi connectivity index (χ3v) is 13.4. The van der Waals surface area contributed by atoms with Crippen molar-refractivity contribution >= 4 is 71.0 Å². The van der Waals surface area contributed by atoms with Gasteiger partial charge in [0.1, 0.15) is 48.3 Å². The van der Waals surface area contributed by atoms with Crippen LogP contribution in [0.3, 0.4) is 0 Å². The Labute approximate surface area is 476 Å². The van der Waals surface area contributed by atoms with Crippen LogP contribution in [0.5, 0.6) is 0 Å². The third kappa shape index (κ3) is 28.1. The van der Waals surface area contributed by atoms with E-state index in [4.69, 9.17) is 28.7 Å². The van der Waals surface area contributed by atoms with E-state index in [-0.39, 0.29) is 68.8 Å². The highest BCUT2D eigenvalue weighted by molar-refractivity contribution is 5.98. The van der Waals surface area contributed by atoms with E-state index in [0.717, 1.165) is 0 Å². The van der Waals surface area contributed by atoms with Crippen molar-refractivity contribution < 1.29 is 57.8 Å². The van der Waals surface area contributed by atoms with Gasteiger partial charge < -0.3 is 76.3 Å². The van der Waals surface area contributed by atoms with Crippen LogP contribution < -0.4 is 71.2 Å². The average molecular weight is 1140 g/mol. The SMILES string of the molecule is CC[C@H](C)[C@H](NC(=O)[C@H](Cc1ccccc1)NC(=O)[C@H](CC(C)C)NC(=O)[C@H](CC(C)C)NC(=O)[C@H](CCC(N)=O)NC(=O)[C@H](CCC(N)=O)NC(=O)[C@H](CC(C)C)NC(=O)[C@@H](NC(=O)[C@@H](N)CCCN=C(N)N)[C@@H](C)CC)C(=O)O. The predicted octanol–water partition coefficient (Wildman–Crippen LogP) is -0.666. The first-order chi connectivity index (χ1) is 37.9. The van der Waals surface area contributed by atoms with E-state index >= 15 is 0 Å². The Hall–Kier alpha value is -7.38. The van der Waals surface area contributed by atoms with E-state index in [1.54, 1.807) is 99.6 Å².